The number of ether oxygens (including phenoxy) is 1. The van der Waals surface area contributed by atoms with Gasteiger partial charge in [0, 0.05) is 12.4 Å². The van der Waals surface area contributed by atoms with Crippen LogP contribution < -0.4 is 15.3 Å². The predicted molar refractivity (Wildman–Crippen MR) is 107 cm³/mol. The fraction of sp³-hybridized carbons (Fsp3) is 0.136. The van der Waals surface area contributed by atoms with E-state index in [0.29, 0.717) is 23.4 Å². The van der Waals surface area contributed by atoms with Crippen molar-refractivity contribution < 1.29 is 19.4 Å². The lowest BCUT2D eigenvalue weighted by atomic mass is 10.1. The minimum absolute atomic E-state index is 0.311. The molecule has 29 heavy (non-hydrogen) atoms. The number of carboxylic acid groups (broad SMARTS) is 1. The molecule has 0 unspecified atom stereocenters. The number of aliphatic carboxylic acids is 1. The molecular weight excluding hydrogens is 370 g/mol. The number of nitrogens with zero attached hydrogens (tertiary/aromatic N) is 2. The van der Waals surface area contributed by atoms with Gasteiger partial charge >= 0.3 is 0 Å². The summed E-state index contributed by atoms with van der Waals surface area (Å²) < 4.78 is 6.93. The molecule has 0 saturated carbocycles. The van der Waals surface area contributed by atoms with Gasteiger partial charge in [0.15, 0.2) is 0 Å². The molecule has 0 radical (unpaired) electrons. The zero-order valence-electron chi connectivity index (χ0n) is 15.9. The van der Waals surface area contributed by atoms with E-state index in [0.717, 1.165) is 11.3 Å². The molecular formula is C22H20N3O4-. The fourth-order valence-corrected chi connectivity index (χ4v) is 2.80. The van der Waals surface area contributed by atoms with E-state index in [4.69, 9.17) is 4.74 Å². The van der Waals surface area contributed by atoms with Crippen LogP contribution in [0.15, 0.2) is 78.2 Å². The van der Waals surface area contributed by atoms with Crippen molar-refractivity contribution >= 4 is 17.6 Å². The summed E-state index contributed by atoms with van der Waals surface area (Å²) in [4.78, 5) is 23.2. The number of hydrogen-bond acceptors (Lipinski definition) is 5. The van der Waals surface area contributed by atoms with Crippen LogP contribution in [-0.2, 0) is 4.79 Å². The van der Waals surface area contributed by atoms with Gasteiger partial charge in [-0.15, -0.1) is 0 Å². The first-order valence-electron chi connectivity index (χ1n) is 9.11. The zero-order chi connectivity index (χ0) is 20.6. The Morgan fingerprint density at radius 1 is 1.03 bits per heavy atom. The lowest BCUT2D eigenvalue weighted by molar-refractivity contribution is -0.307. The summed E-state index contributed by atoms with van der Waals surface area (Å²) in [5.41, 5.74) is 5.38. The maximum absolute atomic E-state index is 12.7. The molecule has 1 N–H and O–H groups in total. The minimum Gasteiger partial charge on any atom is -0.546 e. The van der Waals surface area contributed by atoms with Gasteiger partial charge in [0.1, 0.15) is 12.4 Å². The largest absolute Gasteiger partial charge is 0.546 e. The molecule has 148 valence electrons. The number of carbonyl (C=O) groups is 2. The van der Waals surface area contributed by atoms with Gasteiger partial charge in [0.2, 0.25) is 0 Å². The quantitative estimate of drug-likeness (QED) is 0.471. The molecule has 1 amide bonds. The second-order valence-corrected chi connectivity index (χ2v) is 6.15. The molecule has 1 heterocycles. The van der Waals surface area contributed by atoms with Gasteiger partial charge in [0.05, 0.1) is 22.9 Å². The standard InChI is InChI=1S/C22H21N3O4/c1-2-19(16-9-11-17(12-10-16)29-15-21(26)27)23-24-22(28)18-7-3-4-8-20(18)25-13-5-6-14-25/h3-14H,2,15H2,1H3,(H,24,28)(H,26,27)/p-1/b23-19-. The van der Waals surface area contributed by atoms with Crippen molar-refractivity contribution in [3.05, 3.63) is 84.2 Å². The molecule has 7 nitrogen and oxygen atoms in total. The third-order valence-corrected chi connectivity index (χ3v) is 4.20. The molecule has 7 heteroatoms. The van der Waals surface area contributed by atoms with Gasteiger partial charge in [-0.3, -0.25) is 4.79 Å². The minimum atomic E-state index is -1.28. The van der Waals surface area contributed by atoms with E-state index in [1.165, 1.54) is 0 Å². The Morgan fingerprint density at radius 3 is 2.38 bits per heavy atom. The van der Waals surface area contributed by atoms with Crippen molar-refractivity contribution in [2.45, 2.75) is 13.3 Å². The summed E-state index contributed by atoms with van der Waals surface area (Å²) in [6, 6.07) is 17.9. The molecule has 0 spiro atoms. The summed E-state index contributed by atoms with van der Waals surface area (Å²) in [7, 11) is 0. The van der Waals surface area contributed by atoms with Crippen molar-refractivity contribution in [1.82, 2.24) is 9.99 Å². The first kappa shape index (κ1) is 19.9. The van der Waals surface area contributed by atoms with Gasteiger partial charge in [-0.25, -0.2) is 5.43 Å². The predicted octanol–water partition coefficient (Wildman–Crippen LogP) is 2.15. The number of benzene rings is 2. The average molecular weight is 390 g/mol. The lowest BCUT2D eigenvalue weighted by Gasteiger charge is -2.11. The third-order valence-electron chi connectivity index (χ3n) is 4.20. The van der Waals surface area contributed by atoms with Crippen molar-refractivity contribution in [1.29, 1.82) is 0 Å². The Balaban J connectivity index is 1.74. The Morgan fingerprint density at radius 2 is 1.72 bits per heavy atom. The van der Waals surface area contributed by atoms with Crippen LogP contribution in [0.3, 0.4) is 0 Å². The molecule has 0 aliphatic rings. The van der Waals surface area contributed by atoms with E-state index >= 15 is 0 Å². The second-order valence-electron chi connectivity index (χ2n) is 6.15. The van der Waals surface area contributed by atoms with E-state index in [1.807, 2.05) is 48.1 Å². The normalized spacial score (nSPS) is 11.1. The van der Waals surface area contributed by atoms with Crippen LogP contribution in [0.4, 0.5) is 0 Å². The highest BCUT2D eigenvalue weighted by atomic mass is 16.5. The van der Waals surface area contributed by atoms with Gasteiger partial charge in [-0.2, -0.15) is 5.10 Å². The monoisotopic (exact) mass is 390 g/mol. The highest BCUT2D eigenvalue weighted by molar-refractivity contribution is 6.03. The number of hydrogen-bond donors (Lipinski definition) is 1. The van der Waals surface area contributed by atoms with Crippen LogP contribution in [0.5, 0.6) is 5.75 Å². The van der Waals surface area contributed by atoms with Crippen molar-refractivity contribution in [2.24, 2.45) is 5.10 Å². The molecule has 3 aromatic rings. The van der Waals surface area contributed by atoms with E-state index < -0.39 is 12.6 Å². The molecule has 0 aliphatic heterocycles. The molecule has 1 aromatic heterocycles. The number of nitrogens with one attached hydrogen (secondary N) is 1. The highest BCUT2D eigenvalue weighted by Gasteiger charge is 2.12. The van der Waals surface area contributed by atoms with Crippen LogP contribution in [0.25, 0.3) is 5.69 Å². The average Bonchev–Trinajstić information content (AvgIpc) is 3.28. The van der Waals surface area contributed by atoms with Crippen LogP contribution >= 0.6 is 0 Å². The Kier molecular flexibility index (Phi) is 6.42. The maximum Gasteiger partial charge on any atom is 0.273 e. The molecule has 0 aliphatic carbocycles. The third kappa shape index (κ3) is 5.10. The lowest BCUT2D eigenvalue weighted by Crippen LogP contribution is -2.28. The summed E-state index contributed by atoms with van der Waals surface area (Å²) >= 11 is 0. The molecule has 0 saturated heterocycles. The topological polar surface area (TPSA) is 95.8 Å². The Bertz CT molecular complexity index is 1010. The fourth-order valence-electron chi connectivity index (χ4n) is 2.80. The Labute approximate surface area is 168 Å². The van der Waals surface area contributed by atoms with Gasteiger partial charge in [-0.1, -0.05) is 19.1 Å². The number of aromatic nitrogens is 1. The number of para-hydroxylation sites is 1. The first-order chi connectivity index (χ1) is 14.1. The molecule has 0 atom stereocenters. The van der Waals surface area contributed by atoms with Gasteiger partial charge in [-0.05, 0) is 60.5 Å². The van der Waals surface area contributed by atoms with Crippen molar-refractivity contribution in [2.75, 3.05) is 6.61 Å². The molecule has 2 aromatic carbocycles. The SMILES string of the molecule is CC/C(=N/NC(=O)c1ccccc1-n1cccc1)c1ccc(OCC(=O)[O-])cc1. The van der Waals surface area contributed by atoms with Crippen LogP contribution in [0, 0.1) is 0 Å². The summed E-state index contributed by atoms with van der Waals surface area (Å²) in [6.07, 6.45) is 4.34. The number of carbonyl (C=O) groups excluding carboxylic acids is 2. The molecule has 3 rings (SSSR count). The summed E-state index contributed by atoms with van der Waals surface area (Å²) in [6.45, 7) is 1.42. The highest BCUT2D eigenvalue weighted by Crippen LogP contribution is 2.16. The number of carboxylic acids is 1. The van der Waals surface area contributed by atoms with Gasteiger partial charge in [0.25, 0.3) is 5.91 Å². The maximum atomic E-state index is 12.7. The molecule has 0 fully saturated rings. The van der Waals surface area contributed by atoms with E-state index in [9.17, 15) is 14.7 Å². The smallest absolute Gasteiger partial charge is 0.273 e. The Hall–Kier alpha value is -3.87. The van der Waals surface area contributed by atoms with E-state index in [1.54, 1.807) is 36.4 Å². The van der Waals surface area contributed by atoms with Crippen LogP contribution in [0.2, 0.25) is 0 Å². The number of hydrazone groups is 1. The van der Waals surface area contributed by atoms with Crippen LogP contribution in [0.1, 0.15) is 29.3 Å². The summed E-state index contributed by atoms with van der Waals surface area (Å²) in [5, 5.41) is 14.7. The number of rotatable bonds is 8. The van der Waals surface area contributed by atoms with Crippen LogP contribution in [-0.4, -0.2) is 28.8 Å². The molecule has 0 bridgehead atoms. The van der Waals surface area contributed by atoms with E-state index in [2.05, 4.69) is 10.5 Å². The van der Waals surface area contributed by atoms with E-state index in [-0.39, 0.29) is 5.91 Å². The summed E-state index contributed by atoms with van der Waals surface area (Å²) in [5.74, 6) is -1.18. The van der Waals surface area contributed by atoms with Gasteiger partial charge < -0.3 is 19.2 Å². The zero-order valence-corrected chi connectivity index (χ0v) is 15.9. The number of amides is 1. The first-order valence-corrected chi connectivity index (χ1v) is 9.11. The van der Waals surface area contributed by atoms with Crippen molar-refractivity contribution in [3.63, 3.8) is 0 Å². The van der Waals surface area contributed by atoms with Crippen molar-refractivity contribution in [3.8, 4) is 11.4 Å². The second kappa shape index (κ2) is 9.36.